The molecule has 0 amide bonds. The summed E-state index contributed by atoms with van der Waals surface area (Å²) in [6.45, 7) is 3.43. The fraction of sp³-hybridized carbons (Fsp3) is 0.833. The number of carbonyl (C=O) groups is 2. The maximum Gasteiger partial charge on any atom is 0.438 e. The number of hydrogen-bond donors (Lipinski definition) is 0. The topological polar surface area (TPSA) is 77.5 Å². The van der Waals surface area contributed by atoms with Crippen LogP contribution in [0.1, 0.15) is 12.8 Å². The molecule has 0 unspecified atom stereocenters. The molecule has 110 valence electrons. The van der Waals surface area contributed by atoms with Crippen molar-refractivity contribution in [3.8, 4) is 0 Å². The van der Waals surface area contributed by atoms with Gasteiger partial charge in [0.25, 0.3) is 0 Å². The lowest BCUT2D eigenvalue weighted by atomic mass is 9.85. The summed E-state index contributed by atoms with van der Waals surface area (Å²) in [5.41, 5.74) is -0.397. The van der Waals surface area contributed by atoms with Gasteiger partial charge in [-0.2, -0.15) is 0 Å². The number of ether oxygens (including phenoxy) is 2. The van der Waals surface area contributed by atoms with Gasteiger partial charge in [-0.3, -0.25) is 0 Å². The van der Waals surface area contributed by atoms with Crippen LogP contribution in [0.2, 0.25) is 0 Å². The van der Waals surface area contributed by atoms with E-state index in [0.717, 1.165) is 12.8 Å². The highest BCUT2D eigenvalue weighted by Gasteiger charge is 2.56. The van der Waals surface area contributed by atoms with Crippen molar-refractivity contribution in [2.45, 2.75) is 23.9 Å². The Kier molecular flexibility index (Phi) is 2.59. The fourth-order valence-electron chi connectivity index (χ4n) is 2.85. The minimum atomic E-state index is -0.974. The summed E-state index contributed by atoms with van der Waals surface area (Å²) >= 11 is 0. The molecule has 0 aromatic rings. The molecule has 4 aliphatic rings. The highest BCUT2D eigenvalue weighted by molar-refractivity contribution is 6.29. The summed E-state index contributed by atoms with van der Waals surface area (Å²) in [6.07, 6.45) is 1.84. The van der Waals surface area contributed by atoms with Gasteiger partial charge in [0.05, 0.1) is 26.4 Å². The second-order valence-electron chi connectivity index (χ2n) is 5.90. The molecule has 4 aliphatic heterocycles. The van der Waals surface area contributed by atoms with Gasteiger partial charge in [-0.15, -0.1) is 10.1 Å². The number of nitrogens with zero attached hydrogens (tertiary/aromatic N) is 2. The first-order valence-electron chi connectivity index (χ1n) is 6.79. The first-order valence-corrected chi connectivity index (χ1v) is 6.79. The molecular formula is C12H16N2O6. The summed E-state index contributed by atoms with van der Waals surface area (Å²) < 4.78 is 10.2. The maximum absolute atomic E-state index is 11.7. The lowest BCUT2D eigenvalue weighted by Crippen LogP contribution is -2.72. The van der Waals surface area contributed by atoms with Gasteiger partial charge in [-0.25, -0.2) is 9.59 Å². The van der Waals surface area contributed by atoms with Gasteiger partial charge in [-0.05, 0) is 12.8 Å². The molecule has 0 N–H and O–H groups in total. The Hall–Kier alpha value is -1.22. The molecule has 8 nitrogen and oxygen atoms in total. The van der Waals surface area contributed by atoms with Crippen molar-refractivity contribution in [2.24, 2.45) is 0 Å². The van der Waals surface area contributed by atoms with E-state index in [2.05, 4.69) is 0 Å². The number of carbonyl (C=O) groups excluding carboxylic acids is 2. The maximum atomic E-state index is 11.7. The van der Waals surface area contributed by atoms with Gasteiger partial charge < -0.3 is 19.1 Å². The van der Waals surface area contributed by atoms with Crippen LogP contribution in [0, 0.1) is 0 Å². The molecule has 20 heavy (non-hydrogen) atoms. The Morgan fingerprint density at radius 2 is 1.20 bits per heavy atom. The van der Waals surface area contributed by atoms with Crippen molar-refractivity contribution in [1.29, 1.82) is 0 Å². The molecule has 0 radical (unpaired) electrons. The van der Waals surface area contributed by atoms with Crippen LogP contribution < -0.4 is 0 Å². The number of hydroxylamine groups is 4. The average molecular weight is 284 g/mol. The zero-order chi connectivity index (χ0) is 13.8. The Morgan fingerprint density at radius 1 is 0.800 bits per heavy atom. The van der Waals surface area contributed by atoms with Crippen molar-refractivity contribution in [2.75, 3.05) is 39.5 Å². The van der Waals surface area contributed by atoms with E-state index < -0.39 is 11.9 Å². The third-order valence-corrected chi connectivity index (χ3v) is 4.65. The van der Waals surface area contributed by atoms with E-state index in [9.17, 15) is 9.59 Å². The second kappa shape index (κ2) is 4.14. The molecule has 0 aromatic heterocycles. The van der Waals surface area contributed by atoms with Crippen molar-refractivity contribution in [1.82, 2.24) is 10.1 Å². The van der Waals surface area contributed by atoms with E-state index in [0.29, 0.717) is 39.5 Å². The SMILES string of the molecule is O=C(ON1CCC12COC2)C(=O)ON1CCC12COC2. The van der Waals surface area contributed by atoms with Crippen LogP contribution in [-0.2, 0) is 28.7 Å². The van der Waals surface area contributed by atoms with Crippen LogP contribution in [0.5, 0.6) is 0 Å². The Morgan fingerprint density at radius 3 is 1.40 bits per heavy atom. The molecule has 0 aromatic carbocycles. The highest BCUT2D eigenvalue weighted by Crippen LogP contribution is 2.38. The van der Waals surface area contributed by atoms with Crippen LogP contribution in [0.4, 0.5) is 0 Å². The molecule has 4 saturated heterocycles. The molecule has 0 atom stereocenters. The van der Waals surface area contributed by atoms with Gasteiger partial charge in [0.1, 0.15) is 11.1 Å². The molecule has 0 bridgehead atoms. The minimum Gasteiger partial charge on any atom is -0.377 e. The molecular weight excluding hydrogens is 268 g/mol. The van der Waals surface area contributed by atoms with Crippen LogP contribution in [0.25, 0.3) is 0 Å². The summed E-state index contributed by atoms with van der Waals surface area (Å²) in [4.78, 5) is 33.6. The molecule has 2 spiro atoms. The van der Waals surface area contributed by atoms with Crippen LogP contribution in [-0.4, -0.2) is 72.7 Å². The minimum absolute atomic E-state index is 0.199. The molecule has 0 aliphatic carbocycles. The Balaban J connectivity index is 1.29. The number of rotatable bonds is 2. The van der Waals surface area contributed by atoms with Gasteiger partial charge in [0.15, 0.2) is 0 Å². The zero-order valence-electron chi connectivity index (χ0n) is 11.0. The van der Waals surface area contributed by atoms with Gasteiger partial charge >= 0.3 is 11.9 Å². The summed E-state index contributed by atoms with van der Waals surface area (Å²) in [5, 5.41) is 3.05. The van der Waals surface area contributed by atoms with Crippen molar-refractivity contribution < 1.29 is 28.7 Å². The van der Waals surface area contributed by atoms with Crippen LogP contribution in [0.15, 0.2) is 0 Å². The molecule has 4 rings (SSSR count). The largest absolute Gasteiger partial charge is 0.438 e. The van der Waals surface area contributed by atoms with E-state index in [1.165, 1.54) is 10.1 Å². The van der Waals surface area contributed by atoms with Gasteiger partial charge in [-0.1, -0.05) is 0 Å². The summed E-state index contributed by atoms with van der Waals surface area (Å²) in [6, 6.07) is 0. The molecule has 0 saturated carbocycles. The summed E-state index contributed by atoms with van der Waals surface area (Å²) in [5.74, 6) is -1.95. The van der Waals surface area contributed by atoms with E-state index in [1.807, 2.05) is 0 Å². The average Bonchev–Trinajstić information content (AvgIpc) is 2.25. The first kappa shape index (κ1) is 12.5. The molecule has 8 heteroatoms. The summed E-state index contributed by atoms with van der Waals surface area (Å²) in [7, 11) is 0. The molecule has 4 heterocycles. The van der Waals surface area contributed by atoms with E-state index >= 15 is 0 Å². The van der Waals surface area contributed by atoms with Gasteiger partial charge in [0, 0.05) is 13.1 Å². The zero-order valence-corrected chi connectivity index (χ0v) is 11.0. The lowest BCUT2D eigenvalue weighted by molar-refractivity contribution is -0.331. The monoisotopic (exact) mass is 284 g/mol. The standard InChI is InChI=1S/C12H16N2O6/c15-9(19-13-3-1-11(13)5-17-6-11)10(16)20-14-4-2-12(14)7-18-8-12/h1-8H2. The predicted molar refractivity (Wildman–Crippen MR) is 61.9 cm³/mol. The van der Waals surface area contributed by atoms with E-state index in [4.69, 9.17) is 19.1 Å². The van der Waals surface area contributed by atoms with Crippen molar-refractivity contribution in [3.05, 3.63) is 0 Å². The fourth-order valence-corrected chi connectivity index (χ4v) is 2.85. The third kappa shape index (κ3) is 1.62. The number of hydrogen-bond acceptors (Lipinski definition) is 8. The highest BCUT2D eigenvalue weighted by atomic mass is 16.8. The Bertz CT molecular complexity index is 406. The van der Waals surface area contributed by atoms with Crippen molar-refractivity contribution in [3.63, 3.8) is 0 Å². The van der Waals surface area contributed by atoms with Gasteiger partial charge in [0.2, 0.25) is 0 Å². The van der Waals surface area contributed by atoms with Crippen molar-refractivity contribution >= 4 is 11.9 Å². The smallest absolute Gasteiger partial charge is 0.377 e. The van der Waals surface area contributed by atoms with E-state index in [1.54, 1.807) is 0 Å². The Labute approximate surface area is 115 Å². The predicted octanol–water partition coefficient (Wildman–Crippen LogP) is -1.15. The van der Waals surface area contributed by atoms with E-state index in [-0.39, 0.29) is 11.1 Å². The normalized spacial score (nSPS) is 29.8. The quantitative estimate of drug-likeness (QED) is 0.588. The lowest BCUT2D eigenvalue weighted by Gasteiger charge is -2.55. The third-order valence-electron chi connectivity index (χ3n) is 4.65. The van der Waals surface area contributed by atoms with Crippen LogP contribution >= 0.6 is 0 Å². The second-order valence-corrected chi connectivity index (χ2v) is 5.90. The van der Waals surface area contributed by atoms with Crippen LogP contribution in [0.3, 0.4) is 0 Å². The first-order chi connectivity index (χ1) is 9.64. The molecule has 4 fully saturated rings.